The summed E-state index contributed by atoms with van der Waals surface area (Å²) in [5.74, 6) is 3.07. The van der Waals surface area contributed by atoms with Crippen molar-refractivity contribution >= 4 is 69.0 Å². The van der Waals surface area contributed by atoms with Crippen molar-refractivity contribution in [3.8, 4) is 28.7 Å². The first kappa shape index (κ1) is 89.7. The average Bonchev–Trinajstić information content (AvgIpc) is 1.64. The number of aliphatic hydroxyl groups is 1. The maximum atomic E-state index is 12.8. The molecule has 17 rings (SSSR count). The number of fused-ring (bicyclic) bond motifs is 2. The van der Waals surface area contributed by atoms with Gasteiger partial charge in [-0.1, -0.05) is 206 Å². The molecule has 19 nitrogen and oxygen atoms in total. The van der Waals surface area contributed by atoms with E-state index in [4.69, 9.17) is 50.8 Å². The van der Waals surface area contributed by atoms with E-state index in [-0.39, 0.29) is 41.4 Å². The van der Waals surface area contributed by atoms with Gasteiger partial charge in [-0.05, 0) is 207 Å². The summed E-state index contributed by atoms with van der Waals surface area (Å²) in [7, 11) is 3.12. The second-order valence-corrected chi connectivity index (χ2v) is 29.0. The van der Waals surface area contributed by atoms with Crippen LogP contribution in [0.4, 0.5) is 10.1 Å². The van der Waals surface area contributed by atoms with Gasteiger partial charge in [0.15, 0.2) is 6.29 Å². The third kappa shape index (κ3) is 31.2. The van der Waals surface area contributed by atoms with E-state index in [9.17, 15) is 28.4 Å². The zero-order valence-electron chi connectivity index (χ0n) is 69.9. The summed E-state index contributed by atoms with van der Waals surface area (Å²) >= 11 is 0. The van der Waals surface area contributed by atoms with Crippen LogP contribution in [-0.2, 0) is 75.8 Å². The number of ether oxygens (including phenoxy) is 8. The monoisotopic (exact) mass is 1660 g/mol. The minimum absolute atomic E-state index is 0.0334. The standard InChI is InChI=1S/C27H23NO2.C18H18O3.2C17H16O3.C10H10O3.C9H8N2.C4H8O2.CH3F/c29-27(15-20-6-7-23-17-28-13-12-22(23)14-20)26-16-25(26)21-8-10-24(11-9-21)30-18-19-4-2-1-3-5-19;1-20-18(19)17-11-16(17)14-7-9-15(10-8-14)21-12-13-5-3-2-4-6-13;18-17(19)16-10-15(16)13-6-8-14(9-7-13)20-11-12-4-2-1-3-5-12;1-19-17(18)12-9-14-7-10-16(11-8-14)20-13-15-5-3-2-4-6-15;1-13-10(12)7-4-8-2-5-9(11)6-3-8;10-9-2-1-8-6-11-4-3-7(8)5-9;5-4-2-1-3-6-4;1-2/h1-14,17,25-26H,15-16,18H2;2-10,16-17H,11-12H2,1H3;1-9,15-16H,10-11H2,(H,18,19);2-12H,13H2,1H3;2-7,11H,1H3;1-6H,10H2;4-5H,1-3H2;1H3/b;;;12-9+;7-4+;;;/t25-,26+;16-,17+;15-,16+;;;;;/m000...../s1/i;;;;;;;1D. The molecule has 4 fully saturated rings. The SMILES string of the molecule is COC(=O)/C=C/c1ccc(O)cc1.COC(=O)/C=C/c1ccc(OCc2ccccc2)cc1.COC(=O)[C@@H]1C[C@H]1c1ccc(OCc2ccccc2)cc1.Nc1ccc2cnccc2c1.O=C(Cc1ccc2cnccc2c1)[C@@H]1C[C@H]1c1ccc(OCc2ccccc2)cc1.O=C(O)[C@@H]1C[C@H]1c1ccc(OCc2ccccc2)cc1.OC1CCCO1.[2H]CF. The number of carbonyl (C=O) groups excluding carboxylic acids is 4. The summed E-state index contributed by atoms with van der Waals surface area (Å²) in [5, 5.41) is 30.9. The lowest BCUT2D eigenvalue weighted by Crippen LogP contribution is -2.06. The number of anilines is 1. The van der Waals surface area contributed by atoms with Crippen LogP contribution in [0.25, 0.3) is 33.7 Å². The van der Waals surface area contributed by atoms with Crippen molar-refractivity contribution in [3.63, 3.8) is 0 Å². The molecular weight excluding hydrogens is 1550 g/mol. The maximum absolute atomic E-state index is 12.8. The van der Waals surface area contributed by atoms with Gasteiger partial charge >= 0.3 is 23.9 Å². The fraction of sp³-hybridized carbons (Fsp3) is 0.214. The van der Waals surface area contributed by atoms with Gasteiger partial charge in [-0.3, -0.25) is 28.7 Å². The predicted molar refractivity (Wildman–Crippen MR) is 476 cm³/mol. The smallest absolute Gasteiger partial charge is 0.330 e. The van der Waals surface area contributed by atoms with E-state index < -0.39 is 25.4 Å². The molecule has 1 saturated heterocycles. The Hall–Kier alpha value is -14.1. The number of esters is 3. The van der Waals surface area contributed by atoms with E-state index in [1.165, 1.54) is 44.6 Å². The van der Waals surface area contributed by atoms with Crippen molar-refractivity contribution in [3.05, 3.63) is 384 Å². The zero-order chi connectivity index (χ0) is 87.6. The van der Waals surface area contributed by atoms with Crippen LogP contribution in [0.5, 0.6) is 28.7 Å². The van der Waals surface area contributed by atoms with Crippen molar-refractivity contribution in [1.82, 2.24) is 9.97 Å². The van der Waals surface area contributed by atoms with Crippen LogP contribution < -0.4 is 24.7 Å². The number of benzene rings is 11. The fourth-order valence-corrected chi connectivity index (χ4v) is 13.1. The van der Waals surface area contributed by atoms with Crippen LogP contribution in [0.1, 0.15) is 107 Å². The van der Waals surface area contributed by atoms with E-state index in [2.05, 4.69) is 49.8 Å². The Balaban J connectivity index is 0.000000156. The van der Waals surface area contributed by atoms with Gasteiger partial charge in [-0.25, -0.2) is 9.59 Å². The number of methoxy groups -OCH3 is 3. The summed E-state index contributed by atoms with van der Waals surface area (Å²) < 4.78 is 56.9. The molecule has 123 heavy (non-hydrogen) atoms. The topological polar surface area (TPSA) is 272 Å². The molecule has 3 saturated carbocycles. The number of alkyl halides is 1. The summed E-state index contributed by atoms with van der Waals surface area (Å²) in [4.78, 5) is 64.9. The number of aliphatic carboxylic acids is 1. The molecule has 20 heteroatoms. The third-order valence-corrected chi connectivity index (χ3v) is 20.2. The van der Waals surface area contributed by atoms with Crippen molar-refractivity contribution < 1.29 is 82.9 Å². The number of carboxylic acids is 1. The summed E-state index contributed by atoms with van der Waals surface area (Å²) in [5.41, 5.74) is 17.3. The summed E-state index contributed by atoms with van der Waals surface area (Å²) in [6, 6.07) is 94.1. The fourth-order valence-electron chi connectivity index (χ4n) is 13.1. The van der Waals surface area contributed by atoms with Gasteiger partial charge in [-0.2, -0.15) is 0 Å². The van der Waals surface area contributed by atoms with Crippen LogP contribution in [0.3, 0.4) is 0 Å². The van der Waals surface area contributed by atoms with E-state index in [1.807, 2.05) is 249 Å². The second kappa shape index (κ2) is 48.8. The molecule has 0 spiro atoms. The highest BCUT2D eigenvalue weighted by molar-refractivity contribution is 5.90. The number of carbonyl (C=O) groups is 5. The number of phenolic OH excluding ortho intramolecular Hbond substituents is 1. The highest BCUT2D eigenvalue weighted by atomic mass is 19.1. The van der Waals surface area contributed by atoms with Gasteiger partial charge in [0.25, 0.3) is 0 Å². The lowest BCUT2D eigenvalue weighted by atomic mass is 10.0. The molecule has 5 N–H and O–H groups in total. The molecule has 3 aliphatic carbocycles. The Morgan fingerprint density at radius 1 is 0.455 bits per heavy atom. The summed E-state index contributed by atoms with van der Waals surface area (Å²) in [6.07, 6.45) is 17.7. The third-order valence-electron chi connectivity index (χ3n) is 20.2. The Morgan fingerprint density at radius 2 is 0.829 bits per heavy atom. The molecule has 0 amide bonds. The van der Waals surface area contributed by atoms with Gasteiger partial charge in [0.2, 0.25) is 0 Å². The van der Waals surface area contributed by atoms with E-state index in [1.54, 1.807) is 48.8 Å². The molecule has 7 atom stereocenters. The molecule has 1 aliphatic heterocycles. The maximum Gasteiger partial charge on any atom is 0.330 e. The van der Waals surface area contributed by atoms with Crippen molar-refractivity contribution in [2.24, 2.45) is 17.8 Å². The van der Waals surface area contributed by atoms with Crippen molar-refractivity contribution in [2.45, 2.75) is 89.0 Å². The van der Waals surface area contributed by atoms with Crippen molar-refractivity contribution in [1.29, 1.82) is 0 Å². The molecule has 3 heterocycles. The second-order valence-electron chi connectivity index (χ2n) is 29.0. The largest absolute Gasteiger partial charge is 0.508 e. The first-order chi connectivity index (χ1) is 60.4. The Labute approximate surface area is 718 Å². The number of ketones is 1. The number of rotatable bonds is 24. The van der Waals surface area contributed by atoms with Gasteiger partial charge in [0.05, 0.1) is 41.7 Å². The minimum atomic E-state index is -1.00. The summed E-state index contributed by atoms with van der Waals surface area (Å²) in [6.45, 7) is 2.95. The zero-order valence-corrected chi connectivity index (χ0v) is 68.9. The first-order valence-corrected chi connectivity index (χ1v) is 40.2. The molecular formula is C103H102FN3O16. The first-order valence-electron chi connectivity index (χ1n) is 40.9. The van der Waals surface area contributed by atoms with Crippen LogP contribution >= 0.6 is 0 Å². The molecule has 1 unspecified atom stereocenters. The molecule has 0 radical (unpaired) electrons. The minimum Gasteiger partial charge on any atom is -0.508 e. The molecule has 13 aromatic rings. The van der Waals surface area contributed by atoms with E-state index in [0.717, 1.165) is 133 Å². The van der Waals surface area contributed by atoms with Gasteiger partial charge in [0, 0.05) is 78.8 Å². The molecule has 0 bridgehead atoms. The number of aliphatic hydroxyl groups excluding tert-OH is 1. The highest BCUT2D eigenvalue weighted by Gasteiger charge is 2.46. The number of nitrogen functional groups attached to an aromatic ring is 1. The number of pyridine rings is 2. The van der Waals surface area contributed by atoms with Gasteiger partial charge in [0.1, 0.15) is 61.0 Å². The number of carboxylic acid groups (broad SMARTS) is 1. The number of nitrogens with two attached hydrogens (primary N) is 1. The van der Waals surface area contributed by atoms with Crippen LogP contribution in [0, 0.1) is 17.8 Å². The Bertz CT molecular complexity index is 5480. The van der Waals surface area contributed by atoms with Gasteiger partial charge < -0.3 is 58.9 Å². The molecule has 4 aliphatic rings. The molecule has 632 valence electrons. The Kier molecular flexibility index (Phi) is 35.6. The highest BCUT2D eigenvalue weighted by Crippen LogP contribution is 2.50. The normalized spacial score (nSPS) is 16.5. The number of nitrogens with zero attached hydrogens (tertiary/aromatic N) is 2. The lowest BCUT2D eigenvalue weighted by molar-refractivity contribution is -0.142. The number of Topliss-reactive ketones (excluding diaryl/α,β-unsaturated/α-hetero) is 1. The quantitative estimate of drug-likeness (QED) is 0.0189. The Morgan fingerprint density at radius 3 is 1.20 bits per heavy atom. The number of hydrogen-bond acceptors (Lipinski definition) is 18. The average molecular weight is 1660 g/mol. The van der Waals surface area contributed by atoms with E-state index >= 15 is 0 Å². The number of aromatic nitrogens is 2. The van der Waals surface area contributed by atoms with E-state index in [0.29, 0.717) is 50.5 Å². The van der Waals surface area contributed by atoms with Gasteiger partial charge in [-0.15, -0.1) is 0 Å². The number of aromatic hydroxyl groups is 1. The number of phenols is 1. The van der Waals surface area contributed by atoms with Crippen LogP contribution in [0.2, 0.25) is 0 Å². The lowest BCUT2D eigenvalue weighted by Gasteiger charge is -2.07. The molecule has 11 aromatic carbocycles. The van der Waals surface area contributed by atoms with Crippen LogP contribution in [0.15, 0.2) is 328 Å². The predicted octanol–water partition coefficient (Wildman–Crippen LogP) is 20.3. The molecule has 2 aromatic heterocycles. The number of hydrogen-bond donors (Lipinski definition) is 4. The number of halogens is 1. The van der Waals surface area contributed by atoms with Crippen LogP contribution in [-0.4, -0.2) is 96.3 Å². The van der Waals surface area contributed by atoms with Crippen molar-refractivity contribution in [2.75, 3.05) is 40.8 Å².